The molecule has 0 aliphatic heterocycles. The largest absolute Gasteiger partial charge is 0.507 e. The molecule has 0 bridgehead atoms. The van der Waals surface area contributed by atoms with E-state index in [-0.39, 0.29) is 29.1 Å². The Balaban J connectivity index is 3.27. The Labute approximate surface area is 254 Å². The average Bonchev–Trinajstić information content (AvgIpc) is 2.97. The van der Waals surface area contributed by atoms with E-state index < -0.39 is 0 Å². The summed E-state index contributed by atoms with van der Waals surface area (Å²) in [6, 6.07) is 4.74. The lowest BCUT2D eigenvalue weighted by Gasteiger charge is -2.39. The number of benzene rings is 2. The van der Waals surface area contributed by atoms with Gasteiger partial charge in [-0.05, 0) is 107 Å². The first-order valence-electron chi connectivity index (χ1n) is 17.0. The Kier molecular flexibility index (Phi) is 12.4. The predicted octanol–water partition coefficient (Wildman–Crippen LogP) is 12.5. The fourth-order valence-electron chi connectivity index (χ4n) is 6.71. The van der Waals surface area contributed by atoms with Crippen molar-refractivity contribution in [2.45, 2.75) is 176 Å². The van der Waals surface area contributed by atoms with Gasteiger partial charge in [-0.3, -0.25) is 0 Å². The lowest BCUT2D eigenvalue weighted by atomic mass is 9.65. The van der Waals surface area contributed by atoms with Crippen molar-refractivity contribution in [3.05, 3.63) is 56.6 Å². The summed E-state index contributed by atoms with van der Waals surface area (Å²) < 4.78 is 0. The molecule has 2 aromatic carbocycles. The van der Waals surface area contributed by atoms with Gasteiger partial charge in [0.05, 0.1) is 0 Å². The van der Waals surface area contributed by atoms with Crippen LogP contribution < -0.4 is 0 Å². The van der Waals surface area contributed by atoms with Crippen LogP contribution in [0.2, 0.25) is 0 Å². The van der Waals surface area contributed by atoms with Gasteiger partial charge in [0.15, 0.2) is 0 Å². The van der Waals surface area contributed by atoms with Crippen molar-refractivity contribution in [1.29, 1.82) is 0 Å². The molecule has 0 fully saturated rings. The van der Waals surface area contributed by atoms with Crippen molar-refractivity contribution < 1.29 is 10.2 Å². The van der Waals surface area contributed by atoms with E-state index in [2.05, 4.69) is 109 Å². The molecule has 6 unspecified atom stereocenters. The molecular weight excluding hydrogens is 500 g/mol. The van der Waals surface area contributed by atoms with Crippen molar-refractivity contribution in [3.63, 3.8) is 0 Å². The van der Waals surface area contributed by atoms with Crippen LogP contribution in [-0.4, -0.2) is 10.2 Å². The molecule has 0 aromatic heterocycles. The minimum absolute atomic E-state index is 0.276. The second kappa shape index (κ2) is 14.5. The van der Waals surface area contributed by atoms with Crippen molar-refractivity contribution in [2.75, 3.05) is 0 Å². The van der Waals surface area contributed by atoms with Crippen LogP contribution in [0, 0.1) is 0 Å². The van der Waals surface area contributed by atoms with E-state index in [4.69, 9.17) is 0 Å². The molecule has 2 rings (SSSR count). The lowest BCUT2D eigenvalue weighted by Crippen LogP contribution is -2.27. The second-order valence-electron chi connectivity index (χ2n) is 13.9. The Hall–Kier alpha value is -1.96. The van der Waals surface area contributed by atoms with Crippen LogP contribution in [0.3, 0.4) is 0 Å². The standard InChI is InChI=1S/C39H64O2/c1-15-23(7)29-21-31(33(25(9)17-3)35(37(29)40)27(11)19-5)39(13,14)32-22-30(24(8)16-2)38(41)36(28(12)20-6)34(32)26(10)18-4/h21-28,40-41H,15-20H2,1-14H3. The van der Waals surface area contributed by atoms with Crippen LogP contribution in [-0.2, 0) is 5.41 Å². The molecule has 2 heteroatoms. The van der Waals surface area contributed by atoms with Gasteiger partial charge in [-0.25, -0.2) is 0 Å². The monoisotopic (exact) mass is 564 g/mol. The summed E-state index contributed by atoms with van der Waals surface area (Å²) in [6.07, 6.45) is 6.02. The molecule has 0 aliphatic rings. The van der Waals surface area contributed by atoms with E-state index in [1.165, 1.54) is 22.3 Å². The molecule has 0 saturated heterocycles. The van der Waals surface area contributed by atoms with Gasteiger partial charge in [0.1, 0.15) is 11.5 Å². The van der Waals surface area contributed by atoms with Crippen molar-refractivity contribution >= 4 is 0 Å². The van der Waals surface area contributed by atoms with Gasteiger partial charge in [-0.1, -0.05) is 109 Å². The Bertz CT molecular complexity index is 1070. The molecule has 0 heterocycles. The molecule has 0 saturated carbocycles. The molecule has 0 radical (unpaired) electrons. The highest BCUT2D eigenvalue weighted by Gasteiger charge is 2.37. The fraction of sp³-hybridized carbons (Fsp3) is 0.692. The minimum Gasteiger partial charge on any atom is -0.507 e. The van der Waals surface area contributed by atoms with Crippen LogP contribution in [0.5, 0.6) is 11.5 Å². The summed E-state index contributed by atoms with van der Waals surface area (Å²) in [6.45, 7) is 32.0. The summed E-state index contributed by atoms with van der Waals surface area (Å²) in [5.41, 5.74) is 9.59. The number of hydrogen-bond donors (Lipinski definition) is 2. The van der Waals surface area contributed by atoms with E-state index in [9.17, 15) is 10.2 Å². The van der Waals surface area contributed by atoms with Crippen LogP contribution in [0.15, 0.2) is 12.1 Å². The van der Waals surface area contributed by atoms with Crippen LogP contribution in [0.25, 0.3) is 0 Å². The lowest BCUT2D eigenvalue weighted by molar-refractivity contribution is 0.440. The highest BCUT2D eigenvalue weighted by molar-refractivity contribution is 5.62. The Morgan fingerprint density at radius 1 is 0.463 bits per heavy atom. The maximum absolute atomic E-state index is 11.9. The normalized spacial score (nSPS) is 16.7. The number of phenolic OH excluding ortho intramolecular Hbond substituents is 2. The van der Waals surface area contributed by atoms with Gasteiger partial charge in [0.2, 0.25) is 0 Å². The number of aromatic hydroxyl groups is 2. The highest BCUT2D eigenvalue weighted by Crippen LogP contribution is 2.52. The van der Waals surface area contributed by atoms with Crippen molar-refractivity contribution in [1.82, 2.24) is 0 Å². The molecule has 2 N–H and O–H groups in total. The summed E-state index contributed by atoms with van der Waals surface area (Å²) in [7, 11) is 0. The first-order valence-corrected chi connectivity index (χ1v) is 17.0. The van der Waals surface area contributed by atoms with Gasteiger partial charge in [0.25, 0.3) is 0 Å². The molecule has 41 heavy (non-hydrogen) atoms. The average molecular weight is 565 g/mol. The smallest absolute Gasteiger partial charge is 0.122 e. The van der Waals surface area contributed by atoms with E-state index >= 15 is 0 Å². The van der Waals surface area contributed by atoms with E-state index in [0.717, 1.165) is 60.8 Å². The third-order valence-electron chi connectivity index (χ3n) is 10.9. The van der Waals surface area contributed by atoms with Gasteiger partial charge in [-0.2, -0.15) is 0 Å². The quantitative estimate of drug-likeness (QED) is 0.239. The molecule has 0 amide bonds. The summed E-state index contributed by atoms with van der Waals surface area (Å²) in [5, 5.41) is 23.7. The predicted molar refractivity (Wildman–Crippen MR) is 181 cm³/mol. The van der Waals surface area contributed by atoms with E-state index in [1.54, 1.807) is 0 Å². The second-order valence-corrected chi connectivity index (χ2v) is 13.9. The summed E-state index contributed by atoms with van der Waals surface area (Å²) in [4.78, 5) is 0. The maximum atomic E-state index is 11.9. The van der Waals surface area contributed by atoms with E-state index in [1.807, 2.05) is 0 Å². The van der Waals surface area contributed by atoms with Crippen LogP contribution >= 0.6 is 0 Å². The minimum atomic E-state index is -0.312. The molecular formula is C39H64O2. The number of phenols is 2. The number of rotatable bonds is 14. The zero-order valence-corrected chi connectivity index (χ0v) is 29.3. The highest BCUT2D eigenvalue weighted by atomic mass is 16.3. The SMILES string of the molecule is CCC(C)c1cc(C(C)(C)c2cc(C(C)CC)c(O)c(C(C)CC)c2C(C)CC)c(C(C)CC)c(C(C)CC)c1O. The topological polar surface area (TPSA) is 40.5 Å². The molecule has 6 atom stereocenters. The third kappa shape index (κ3) is 6.67. The maximum Gasteiger partial charge on any atom is 0.122 e. The summed E-state index contributed by atoms with van der Waals surface area (Å²) >= 11 is 0. The number of hydrogen-bond acceptors (Lipinski definition) is 2. The van der Waals surface area contributed by atoms with Crippen LogP contribution in [0.4, 0.5) is 0 Å². The van der Waals surface area contributed by atoms with Gasteiger partial charge in [-0.15, -0.1) is 0 Å². The molecule has 0 aliphatic carbocycles. The zero-order chi connectivity index (χ0) is 31.4. The fourth-order valence-corrected chi connectivity index (χ4v) is 6.71. The van der Waals surface area contributed by atoms with Gasteiger partial charge < -0.3 is 10.2 Å². The molecule has 0 spiro atoms. The van der Waals surface area contributed by atoms with Crippen molar-refractivity contribution in [3.8, 4) is 11.5 Å². The first kappa shape index (κ1) is 35.2. The van der Waals surface area contributed by atoms with Gasteiger partial charge >= 0.3 is 0 Å². The molecule has 232 valence electrons. The van der Waals surface area contributed by atoms with E-state index in [0.29, 0.717) is 23.3 Å². The Morgan fingerprint density at radius 2 is 0.707 bits per heavy atom. The molecule has 2 aromatic rings. The zero-order valence-electron chi connectivity index (χ0n) is 29.3. The Morgan fingerprint density at radius 3 is 0.951 bits per heavy atom. The third-order valence-corrected chi connectivity index (χ3v) is 10.9. The first-order chi connectivity index (χ1) is 19.2. The van der Waals surface area contributed by atoms with Crippen LogP contribution in [0.1, 0.15) is 215 Å². The van der Waals surface area contributed by atoms with Crippen molar-refractivity contribution in [2.24, 2.45) is 0 Å². The summed E-state index contributed by atoms with van der Waals surface area (Å²) in [5.74, 6) is 2.82. The van der Waals surface area contributed by atoms with Gasteiger partial charge in [0, 0.05) is 16.5 Å². The molecule has 2 nitrogen and oxygen atoms in total.